The standard InChI is InChI=1S/C20H24ClF2N5O2/c1-3-27(17-13-28(25-19(17)21)16-5-4-9-24-12-16)18(29)7-6-14(2)26-30-10-8-15-11-20(15,22)23/h4-5,9,12-13,15H,3,6-8,10-11H2,1-2H3/b26-14-. The molecule has 1 amide bonds. The fourth-order valence-corrected chi connectivity index (χ4v) is 3.26. The van der Waals surface area contributed by atoms with Crippen molar-refractivity contribution in [3.05, 3.63) is 35.9 Å². The number of aromatic nitrogens is 3. The van der Waals surface area contributed by atoms with Crippen molar-refractivity contribution in [2.45, 2.75) is 45.5 Å². The topological polar surface area (TPSA) is 72.6 Å². The Morgan fingerprint density at radius 1 is 1.47 bits per heavy atom. The third kappa shape index (κ3) is 5.53. The zero-order valence-electron chi connectivity index (χ0n) is 16.9. The third-order valence-corrected chi connectivity index (χ3v) is 5.17. The summed E-state index contributed by atoms with van der Waals surface area (Å²) >= 11 is 6.27. The molecule has 10 heteroatoms. The quantitative estimate of drug-likeness (QED) is 0.310. The molecular weight excluding hydrogens is 416 g/mol. The van der Waals surface area contributed by atoms with Gasteiger partial charge in [-0.1, -0.05) is 16.8 Å². The van der Waals surface area contributed by atoms with Crippen molar-refractivity contribution in [1.29, 1.82) is 0 Å². The molecule has 1 aliphatic rings. The number of carbonyl (C=O) groups excluding carboxylic acids is 1. The van der Waals surface area contributed by atoms with Gasteiger partial charge in [-0.15, -0.1) is 0 Å². The fraction of sp³-hybridized carbons (Fsp3) is 0.500. The lowest BCUT2D eigenvalue weighted by atomic mass is 10.2. The predicted octanol–water partition coefficient (Wildman–Crippen LogP) is 4.49. The Kier molecular flexibility index (Phi) is 7.02. The summed E-state index contributed by atoms with van der Waals surface area (Å²) in [7, 11) is 0. The van der Waals surface area contributed by atoms with Crippen LogP contribution in [0.25, 0.3) is 5.69 Å². The van der Waals surface area contributed by atoms with Crippen LogP contribution in [0.5, 0.6) is 0 Å². The van der Waals surface area contributed by atoms with Gasteiger partial charge < -0.3 is 9.74 Å². The van der Waals surface area contributed by atoms with E-state index in [0.717, 1.165) is 5.69 Å². The van der Waals surface area contributed by atoms with Gasteiger partial charge in [0.15, 0.2) is 5.15 Å². The highest BCUT2D eigenvalue weighted by atomic mass is 35.5. The maximum atomic E-state index is 12.8. The molecule has 1 atom stereocenters. The smallest absolute Gasteiger partial charge is 0.251 e. The molecule has 0 aliphatic heterocycles. The zero-order valence-corrected chi connectivity index (χ0v) is 17.6. The summed E-state index contributed by atoms with van der Waals surface area (Å²) in [6.07, 6.45) is 5.82. The molecule has 162 valence electrons. The molecule has 0 radical (unpaired) electrons. The van der Waals surface area contributed by atoms with E-state index in [1.807, 2.05) is 13.0 Å². The molecule has 2 heterocycles. The minimum Gasteiger partial charge on any atom is -0.396 e. The number of alkyl halides is 2. The number of anilines is 1. The van der Waals surface area contributed by atoms with E-state index in [2.05, 4.69) is 15.2 Å². The Bertz CT molecular complexity index is 904. The van der Waals surface area contributed by atoms with Crippen LogP contribution in [0.3, 0.4) is 0 Å². The number of halogens is 3. The van der Waals surface area contributed by atoms with Crippen LogP contribution in [0.1, 0.15) is 39.5 Å². The van der Waals surface area contributed by atoms with Crippen molar-refractivity contribution in [2.24, 2.45) is 11.1 Å². The summed E-state index contributed by atoms with van der Waals surface area (Å²) in [4.78, 5) is 23.4. The van der Waals surface area contributed by atoms with Crippen LogP contribution in [0.4, 0.5) is 14.5 Å². The first-order valence-corrected chi connectivity index (χ1v) is 10.2. The Morgan fingerprint density at radius 3 is 2.87 bits per heavy atom. The maximum absolute atomic E-state index is 12.8. The Labute approximate surface area is 178 Å². The predicted molar refractivity (Wildman–Crippen MR) is 110 cm³/mol. The number of carbonyl (C=O) groups is 1. The lowest BCUT2D eigenvalue weighted by Gasteiger charge is -2.19. The van der Waals surface area contributed by atoms with Gasteiger partial charge in [0, 0.05) is 31.5 Å². The summed E-state index contributed by atoms with van der Waals surface area (Å²) in [5.74, 6) is -3.26. The summed E-state index contributed by atoms with van der Waals surface area (Å²) < 4.78 is 27.2. The summed E-state index contributed by atoms with van der Waals surface area (Å²) in [6.45, 7) is 4.17. The molecule has 1 fully saturated rings. The van der Waals surface area contributed by atoms with Crippen molar-refractivity contribution in [2.75, 3.05) is 18.1 Å². The lowest BCUT2D eigenvalue weighted by molar-refractivity contribution is -0.118. The van der Waals surface area contributed by atoms with Crippen molar-refractivity contribution in [3.63, 3.8) is 0 Å². The largest absolute Gasteiger partial charge is 0.396 e. The van der Waals surface area contributed by atoms with Gasteiger partial charge >= 0.3 is 0 Å². The molecule has 0 bridgehead atoms. The van der Waals surface area contributed by atoms with Gasteiger partial charge in [-0.05, 0) is 38.8 Å². The monoisotopic (exact) mass is 439 g/mol. The summed E-state index contributed by atoms with van der Waals surface area (Å²) in [5, 5.41) is 8.39. The van der Waals surface area contributed by atoms with Crippen LogP contribution >= 0.6 is 11.6 Å². The first-order valence-electron chi connectivity index (χ1n) is 9.81. The number of rotatable bonds is 10. The molecule has 0 saturated heterocycles. The van der Waals surface area contributed by atoms with Crippen molar-refractivity contribution < 1.29 is 18.4 Å². The first-order chi connectivity index (χ1) is 14.3. The summed E-state index contributed by atoms with van der Waals surface area (Å²) in [5.41, 5.74) is 1.88. The van der Waals surface area contributed by atoms with Crippen LogP contribution < -0.4 is 4.90 Å². The lowest BCUT2D eigenvalue weighted by Crippen LogP contribution is -2.30. The highest BCUT2D eigenvalue weighted by Gasteiger charge is 2.56. The highest BCUT2D eigenvalue weighted by molar-refractivity contribution is 6.32. The van der Waals surface area contributed by atoms with E-state index in [9.17, 15) is 13.6 Å². The van der Waals surface area contributed by atoms with Crippen molar-refractivity contribution >= 4 is 28.9 Å². The number of oxime groups is 1. The van der Waals surface area contributed by atoms with Gasteiger partial charge in [-0.3, -0.25) is 9.78 Å². The van der Waals surface area contributed by atoms with E-state index in [-0.39, 0.29) is 36.9 Å². The molecule has 2 aromatic rings. The number of nitrogens with zero attached hydrogens (tertiary/aromatic N) is 5. The molecule has 0 spiro atoms. The van der Waals surface area contributed by atoms with Gasteiger partial charge in [0.05, 0.1) is 23.8 Å². The van der Waals surface area contributed by atoms with Crippen molar-refractivity contribution in [3.8, 4) is 5.69 Å². The molecule has 3 rings (SSSR count). The Hall–Kier alpha value is -2.55. The molecular formula is C20H24ClF2N5O2. The second kappa shape index (κ2) is 9.51. The van der Waals surface area contributed by atoms with E-state index in [1.54, 1.807) is 41.2 Å². The second-order valence-corrected chi connectivity index (χ2v) is 7.57. The number of hydrogen-bond donors (Lipinski definition) is 0. The minimum absolute atomic E-state index is 0.0691. The molecule has 2 aromatic heterocycles. The van der Waals surface area contributed by atoms with Crippen LogP contribution in [0.15, 0.2) is 35.9 Å². The number of pyridine rings is 1. The molecule has 0 aromatic carbocycles. The number of hydrogen-bond acceptors (Lipinski definition) is 5. The van der Waals surface area contributed by atoms with E-state index >= 15 is 0 Å². The first kappa shape index (κ1) is 22.1. The SMILES string of the molecule is CCN(C(=O)CC/C(C)=N\OCCC1CC1(F)F)c1cn(-c2cccnc2)nc1Cl. The van der Waals surface area contributed by atoms with Crippen LogP contribution in [0, 0.1) is 5.92 Å². The minimum atomic E-state index is -2.54. The second-order valence-electron chi connectivity index (χ2n) is 7.21. The van der Waals surface area contributed by atoms with Gasteiger partial charge in [-0.25, -0.2) is 13.5 Å². The molecule has 7 nitrogen and oxygen atoms in total. The van der Waals surface area contributed by atoms with Gasteiger partial charge in [0.1, 0.15) is 12.3 Å². The average Bonchev–Trinajstić information content (AvgIpc) is 3.16. The summed E-state index contributed by atoms with van der Waals surface area (Å²) in [6, 6.07) is 3.62. The molecule has 1 aliphatic carbocycles. The Balaban J connectivity index is 1.52. The molecule has 0 N–H and O–H groups in total. The number of amides is 1. The highest BCUT2D eigenvalue weighted by Crippen LogP contribution is 2.50. The molecule has 1 unspecified atom stereocenters. The zero-order chi connectivity index (χ0) is 21.7. The normalized spacial score (nSPS) is 17.6. The van der Waals surface area contributed by atoms with Crippen LogP contribution in [0.2, 0.25) is 5.15 Å². The van der Waals surface area contributed by atoms with Gasteiger partial charge in [0.2, 0.25) is 5.91 Å². The van der Waals surface area contributed by atoms with E-state index in [4.69, 9.17) is 16.4 Å². The molecule has 30 heavy (non-hydrogen) atoms. The van der Waals surface area contributed by atoms with Crippen molar-refractivity contribution in [1.82, 2.24) is 14.8 Å². The fourth-order valence-electron chi connectivity index (χ4n) is 3.03. The van der Waals surface area contributed by atoms with E-state index in [1.165, 1.54) is 0 Å². The van der Waals surface area contributed by atoms with E-state index < -0.39 is 11.8 Å². The van der Waals surface area contributed by atoms with Crippen LogP contribution in [-0.4, -0.2) is 45.5 Å². The third-order valence-electron chi connectivity index (χ3n) is 4.90. The Morgan fingerprint density at radius 2 is 2.23 bits per heavy atom. The van der Waals surface area contributed by atoms with Gasteiger partial charge in [-0.2, -0.15) is 5.10 Å². The van der Waals surface area contributed by atoms with Gasteiger partial charge in [0.25, 0.3) is 5.92 Å². The van der Waals surface area contributed by atoms with E-state index in [0.29, 0.717) is 24.4 Å². The molecule has 1 saturated carbocycles. The average molecular weight is 440 g/mol. The maximum Gasteiger partial charge on any atom is 0.251 e. The van der Waals surface area contributed by atoms with Crippen LogP contribution in [-0.2, 0) is 9.63 Å².